The van der Waals surface area contributed by atoms with Crippen molar-refractivity contribution in [2.45, 2.75) is 19.5 Å². The van der Waals surface area contributed by atoms with Gasteiger partial charge in [-0.15, -0.1) is 0 Å². The lowest BCUT2D eigenvalue weighted by molar-refractivity contribution is -0.137. The van der Waals surface area contributed by atoms with Crippen molar-refractivity contribution in [2.24, 2.45) is 5.73 Å². The number of benzene rings is 1. The van der Waals surface area contributed by atoms with E-state index in [1.54, 1.807) is 6.92 Å². The summed E-state index contributed by atoms with van der Waals surface area (Å²) < 4.78 is 65.9. The molecule has 5 N–H and O–H groups in total. The highest BCUT2D eigenvalue weighted by atomic mass is 32.2. The molecule has 0 spiro atoms. The maximum absolute atomic E-state index is 12.9. The van der Waals surface area contributed by atoms with Crippen molar-refractivity contribution in [3.05, 3.63) is 29.3 Å². The lowest BCUT2D eigenvalue weighted by atomic mass is 10.1. The number of nitrogen functional groups attached to an aromatic ring is 1. The Labute approximate surface area is 120 Å². The second kappa shape index (κ2) is 6.31. The van der Waals surface area contributed by atoms with E-state index in [-0.39, 0.29) is 12.2 Å². The van der Waals surface area contributed by atoms with Crippen molar-refractivity contribution >= 4 is 21.7 Å². The number of amidine groups is 1. The van der Waals surface area contributed by atoms with Crippen molar-refractivity contribution < 1.29 is 21.6 Å². The van der Waals surface area contributed by atoms with Crippen molar-refractivity contribution in [2.75, 3.05) is 11.3 Å². The molecule has 0 saturated heterocycles. The quantitative estimate of drug-likeness (QED) is 0.472. The summed E-state index contributed by atoms with van der Waals surface area (Å²) in [4.78, 5) is 0. The van der Waals surface area contributed by atoms with E-state index in [0.29, 0.717) is 12.5 Å². The van der Waals surface area contributed by atoms with Crippen LogP contribution in [-0.2, 0) is 16.4 Å². The first-order valence-corrected chi connectivity index (χ1v) is 7.38. The molecule has 0 bridgehead atoms. The van der Waals surface area contributed by atoms with Crippen molar-refractivity contribution in [3.8, 4) is 0 Å². The van der Waals surface area contributed by atoms with E-state index >= 15 is 0 Å². The summed E-state index contributed by atoms with van der Waals surface area (Å²) in [7, 11) is -3.94. The molecule has 0 amide bonds. The Morgan fingerprint density at radius 1 is 1.38 bits per heavy atom. The third-order valence-electron chi connectivity index (χ3n) is 2.41. The van der Waals surface area contributed by atoms with Gasteiger partial charge in [0.15, 0.2) is 0 Å². The fourth-order valence-corrected chi connectivity index (χ4v) is 2.49. The molecular weight excluding hydrogens is 309 g/mol. The van der Waals surface area contributed by atoms with Gasteiger partial charge in [0.05, 0.1) is 11.3 Å². The highest BCUT2D eigenvalue weighted by Gasteiger charge is 2.34. The van der Waals surface area contributed by atoms with Gasteiger partial charge in [-0.25, -0.2) is 0 Å². The first-order chi connectivity index (χ1) is 9.57. The predicted octanol–water partition coefficient (Wildman–Crippen LogP) is 1.65. The van der Waals surface area contributed by atoms with Crippen LogP contribution in [0.3, 0.4) is 0 Å². The summed E-state index contributed by atoms with van der Waals surface area (Å²) >= 11 is 0. The highest BCUT2D eigenvalue weighted by Crippen LogP contribution is 2.33. The van der Waals surface area contributed by atoms with Gasteiger partial charge in [-0.1, -0.05) is 6.92 Å². The Hall–Kier alpha value is -1.81. The molecule has 0 radical (unpaired) electrons. The molecule has 0 atom stereocenters. The minimum atomic E-state index is -4.75. The van der Waals surface area contributed by atoms with Gasteiger partial charge >= 0.3 is 6.18 Å². The van der Waals surface area contributed by atoms with Gasteiger partial charge in [0.25, 0.3) is 10.2 Å². The van der Waals surface area contributed by atoms with Crippen LogP contribution in [0.15, 0.2) is 18.2 Å². The van der Waals surface area contributed by atoms with Crippen LogP contribution in [0.2, 0.25) is 0 Å². The van der Waals surface area contributed by atoms with Crippen LogP contribution in [0.4, 0.5) is 18.9 Å². The van der Waals surface area contributed by atoms with Crippen LogP contribution in [0.25, 0.3) is 0 Å². The van der Waals surface area contributed by atoms with Crippen LogP contribution in [-0.4, -0.2) is 20.8 Å². The molecule has 6 nitrogen and oxygen atoms in total. The van der Waals surface area contributed by atoms with E-state index in [1.165, 1.54) is 0 Å². The summed E-state index contributed by atoms with van der Waals surface area (Å²) in [6, 6.07) is 2.65. The Morgan fingerprint density at radius 2 is 2.00 bits per heavy atom. The second-order valence-corrected chi connectivity index (χ2v) is 5.67. The number of nitrogens with one attached hydrogen (secondary N) is 3. The summed E-state index contributed by atoms with van der Waals surface area (Å²) in [5.74, 6) is -0.749. The van der Waals surface area contributed by atoms with E-state index < -0.39 is 33.3 Å². The Kier molecular flexibility index (Phi) is 5.18. The molecule has 0 saturated carbocycles. The topological polar surface area (TPSA) is 108 Å². The number of alkyl halides is 3. The van der Waals surface area contributed by atoms with E-state index in [1.807, 2.05) is 4.72 Å². The Morgan fingerprint density at radius 3 is 2.48 bits per heavy atom. The Balaban J connectivity index is 3.15. The van der Waals surface area contributed by atoms with Gasteiger partial charge < -0.3 is 5.73 Å². The summed E-state index contributed by atoms with van der Waals surface area (Å²) in [5.41, 5.74) is 3.14. The zero-order chi connectivity index (χ0) is 16.3. The van der Waals surface area contributed by atoms with E-state index in [2.05, 4.69) is 4.72 Å². The molecule has 0 fully saturated rings. The molecule has 0 aliphatic heterocycles. The van der Waals surface area contributed by atoms with Gasteiger partial charge in [-0.05, 0) is 24.6 Å². The molecule has 21 heavy (non-hydrogen) atoms. The summed E-state index contributed by atoms with van der Waals surface area (Å²) in [6.07, 6.45) is -4.21. The van der Waals surface area contributed by atoms with Crippen molar-refractivity contribution in [1.29, 1.82) is 5.41 Å². The summed E-state index contributed by atoms with van der Waals surface area (Å²) in [6.45, 7) is 1.90. The molecule has 0 aliphatic rings. The molecule has 118 valence electrons. The fraction of sp³-hybridized carbons (Fsp3) is 0.364. The average Bonchev–Trinajstić information content (AvgIpc) is 2.34. The van der Waals surface area contributed by atoms with Crippen LogP contribution >= 0.6 is 0 Å². The standard InChI is InChI=1S/C11H15F3N4O2S/c1-2-5-17-21(19,20)18-7-3-4-8(10(15)16)9(6-7)11(12,13)14/h3-4,6,17-18H,2,5H2,1H3,(H3,15,16). The molecule has 1 rings (SSSR count). The molecule has 0 aliphatic carbocycles. The zero-order valence-corrected chi connectivity index (χ0v) is 11.9. The smallest absolute Gasteiger partial charge is 0.384 e. The predicted molar refractivity (Wildman–Crippen MR) is 73.3 cm³/mol. The molecule has 1 aromatic rings. The third kappa shape index (κ3) is 4.90. The number of hydrogen-bond donors (Lipinski definition) is 4. The molecule has 10 heteroatoms. The highest BCUT2D eigenvalue weighted by molar-refractivity contribution is 7.90. The van der Waals surface area contributed by atoms with E-state index in [0.717, 1.165) is 12.1 Å². The van der Waals surface area contributed by atoms with Crippen LogP contribution in [0, 0.1) is 5.41 Å². The fourth-order valence-electron chi connectivity index (χ4n) is 1.50. The zero-order valence-electron chi connectivity index (χ0n) is 11.1. The normalized spacial score (nSPS) is 12.2. The molecule has 0 aromatic heterocycles. The number of anilines is 1. The van der Waals surface area contributed by atoms with Gasteiger partial charge in [-0.3, -0.25) is 10.1 Å². The minimum absolute atomic E-state index is 0.160. The van der Waals surface area contributed by atoms with Gasteiger partial charge in [0, 0.05) is 12.1 Å². The van der Waals surface area contributed by atoms with E-state index in [9.17, 15) is 21.6 Å². The summed E-state index contributed by atoms with van der Waals surface area (Å²) in [5, 5.41) is 7.12. The monoisotopic (exact) mass is 324 g/mol. The van der Waals surface area contributed by atoms with Crippen LogP contribution < -0.4 is 15.2 Å². The van der Waals surface area contributed by atoms with Gasteiger partial charge in [0.1, 0.15) is 5.84 Å². The molecule has 0 heterocycles. The van der Waals surface area contributed by atoms with Gasteiger partial charge in [0.2, 0.25) is 0 Å². The average molecular weight is 324 g/mol. The first kappa shape index (κ1) is 17.2. The number of halogens is 3. The van der Waals surface area contributed by atoms with Crippen molar-refractivity contribution in [3.63, 3.8) is 0 Å². The maximum atomic E-state index is 12.9. The van der Waals surface area contributed by atoms with Crippen LogP contribution in [0.1, 0.15) is 24.5 Å². The lowest BCUT2D eigenvalue weighted by Crippen LogP contribution is -2.31. The Bertz CT molecular complexity index is 629. The second-order valence-electron chi connectivity index (χ2n) is 4.17. The lowest BCUT2D eigenvalue weighted by Gasteiger charge is -2.15. The molecule has 0 unspecified atom stereocenters. The minimum Gasteiger partial charge on any atom is -0.384 e. The van der Waals surface area contributed by atoms with Crippen LogP contribution in [0.5, 0.6) is 0 Å². The SMILES string of the molecule is CCCNS(=O)(=O)Nc1ccc(C(=N)N)c(C(F)(F)F)c1. The number of hydrogen-bond acceptors (Lipinski definition) is 3. The molecule has 1 aromatic carbocycles. The number of nitrogens with two attached hydrogens (primary N) is 1. The first-order valence-electron chi connectivity index (χ1n) is 5.90. The van der Waals surface area contributed by atoms with E-state index in [4.69, 9.17) is 11.1 Å². The maximum Gasteiger partial charge on any atom is 0.417 e. The third-order valence-corrected chi connectivity index (χ3v) is 3.50. The largest absolute Gasteiger partial charge is 0.417 e. The number of rotatable bonds is 6. The van der Waals surface area contributed by atoms with Gasteiger partial charge in [-0.2, -0.15) is 26.3 Å². The van der Waals surface area contributed by atoms with Crippen molar-refractivity contribution in [1.82, 2.24) is 4.72 Å². The molecular formula is C11H15F3N4O2S.